The lowest BCUT2D eigenvalue weighted by molar-refractivity contribution is 0.562. The van der Waals surface area contributed by atoms with Gasteiger partial charge >= 0.3 is 0 Å². The van der Waals surface area contributed by atoms with Crippen molar-refractivity contribution in [1.82, 2.24) is 19.9 Å². The van der Waals surface area contributed by atoms with Crippen LogP contribution < -0.4 is 0 Å². The lowest BCUT2D eigenvalue weighted by Gasteiger charge is -2.06. The van der Waals surface area contributed by atoms with E-state index in [1.54, 1.807) is 30.7 Å². The van der Waals surface area contributed by atoms with Crippen LogP contribution in [0.25, 0.3) is 11.0 Å². The Morgan fingerprint density at radius 1 is 1.00 bits per heavy atom. The lowest BCUT2D eigenvalue weighted by Crippen LogP contribution is -2.01. The molecule has 0 bridgehead atoms. The van der Waals surface area contributed by atoms with Crippen molar-refractivity contribution in [1.29, 1.82) is 0 Å². The predicted octanol–water partition coefficient (Wildman–Crippen LogP) is 4.66. The molecule has 4 heterocycles. The maximum Gasteiger partial charge on any atom is 0.216 e. The molecule has 0 aliphatic rings. The third-order valence-electron chi connectivity index (χ3n) is 4.38. The van der Waals surface area contributed by atoms with E-state index in [4.69, 9.17) is 11.6 Å². The Morgan fingerprint density at radius 2 is 1.89 bits per heavy atom. The highest BCUT2D eigenvalue weighted by molar-refractivity contribution is 6.31. The number of nitrogens with one attached hydrogen (secondary N) is 1. The largest absolute Gasteiger partial charge is 0.346 e. The van der Waals surface area contributed by atoms with Gasteiger partial charge in [-0.2, -0.15) is 4.39 Å². The summed E-state index contributed by atoms with van der Waals surface area (Å²) >= 11 is 6.01. The van der Waals surface area contributed by atoms with Crippen molar-refractivity contribution < 1.29 is 8.78 Å². The SMILES string of the molecule is Fc1cncc(CCc2ccc(Cc3c[nH]c4ncc(Cl)cc34)c(F)n2)c1. The van der Waals surface area contributed by atoms with E-state index in [0.29, 0.717) is 41.2 Å². The summed E-state index contributed by atoms with van der Waals surface area (Å²) in [5.74, 6) is -0.885. The Balaban J connectivity index is 1.50. The summed E-state index contributed by atoms with van der Waals surface area (Å²) in [7, 11) is 0. The summed E-state index contributed by atoms with van der Waals surface area (Å²) in [6.45, 7) is 0. The van der Waals surface area contributed by atoms with Crippen LogP contribution in [0.5, 0.6) is 0 Å². The molecule has 0 amide bonds. The van der Waals surface area contributed by atoms with Gasteiger partial charge < -0.3 is 4.98 Å². The van der Waals surface area contributed by atoms with Crippen LogP contribution in [0.3, 0.4) is 0 Å². The maximum absolute atomic E-state index is 14.5. The van der Waals surface area contributed by atoms with Gasteiger partial charge in [0.15, 0.2) is 0 Å². The fraction of sp³-hybridized carbons (Fsp3) is 0.150. The second-order valence-corrected chi connectivity index (χ2v) is 6.74. The van der Waals surface area contributed by atoms with Crippen LogP contribution in [-0.2, 0) is 19.3 Å². The average Bonchev–Trinajstić information content (AvgIpc) is 3.04. The Hall–Kier alpha value is -2.86. The molecular formula is C20H15ClF2N4. The van der Waals surface area contributed by atoms with Gasteiger partial charge in [-0.25, -0.2) is 14.4 Å². The topological polar surface area (TPSA) is 54.5 Å². The standard InChI is InChI=1S/C20H15ClF2N4/c21-15-7-18-14(9-25-20(18)26-10-15)6-13-2-4-17(27-19(13)23)3-1-12-5-16(22)11-24-8-12/h2,4-5,7-11H,1,3,6H2,(H,25,26). The molecule has 0 aliphatic heterocycles. The molecule has 27 heavy (non-hydrogen) atoms. The van der Waals surface area contributed by atoms with Crippen LogP contribution in [0, 0.1) is 11.8 Å². The summed E-state index contributed by atoms with van der Waals surface area (Å²) in [5.41, 5.74) is 3.48. The molecule has 0 unspecified atom stereocenters. The van der Waals surface area contributed by atoms with Crippen LogP contribution in [0.15, 0.2) is 49.1 Å². The third-order valence-corrected chi connectivity index (χ3v) is 4.59. The number of H-pyrrole nitrogens is 1. The first-order valence-electron chi connectivity index (χ1n) is 8.44. The minimum absolute atomic E-state index is 0.379. The molecule has 4 aromatic heterocycles. The Labute approximate surface area is 159 Å². The summed E-state index contributed by atoms with van der Waals surface area (Å²) < 4.78 is 27.6. The van der Waals surface area contributed by atoms with Crippen molar-refractivity contribution in [3.05, 3.63) is 88.2 Å². The summed E-state index contributed by atoms with van der Waals surface area (Å²) in [4.78, 5) is 15.1. The second kappa shape index (κ2) is 7.40. The van der Waals surface area contributed by atoms with Gasteiger partial charge in [0.2, 0.25) is 5.95 Å². The van der Waals surface area contributed by atoms with Crippen LogP contribution in [0.1, 0.15) is 22.4 Å². The van der Waals surface area contributed by atoms with Crippen molar-refractivity contribution in [2.45, 2.75) is 19.3 Å². The molecule has 0 aliphatic carbocycles. The molecule has 4 nitrogen and oxygen atoms in total. The molecular weight excluding hydrogens is 370 g/mol. The van der Waals surface area contributed by atoms with E-state index in [1.807, 2.05) is 6.07 Å². The molecule has 4 rings (SSSR count). The zero-order valence-electron chi connectivity index (χ0n) is 14.2. The molecule has 0 atom stereocenters. The van der Waals surface area contributed by atoms with E-state index >= 15 is 0 Å². The molecule has 7 heteroatoms. The number of aromatic amines is 1. The van der Waals surface area contributed by atoms with Gasteiger partial charge in [-0.3, -0.25) is 4.98 Å². The Morgan fingerprint density at radius 3 is 2.70 bits per heavy atom. The average molecular weight is 385 g/mol. The summed E-state index contributed by atoms with van der Waals surface area (Å²) in [6.07, 6.45) is 7.56. The molecule has 1 N–H and O–H groups in total. The monoisotopic (exact) mass is 384 g/mol. The number of aromatic nitrogens is 4. The number of hydrogen-bond acceptors (Lipinski definition) is 3. The zero-order valence-corrected chi connectivity index (χ0v) is 15.0. The number of aryl methyl sites for hydroxylation is 2. The zero-order chi connectivity index (χ0) is 18.8. The van der Waals surface area contributed by atoms with E-state index in [9.17, 15) is 8.78 Å². The highest BCUT2D eigenvalue weighted by atomic mass is 35.5. The van der Waals surface area contributed by atoms with Crippen LogP contribution in [0.2, 0.25) is 5.02 Å². The normalized spacial score (nSPS) is 11.2. The van der Waals surface area contributed by atoms with Gasteiger partial charge in [0.1, 0.15) is 11.5 Å². The highest BCUT2D eigenvalue weighted by Gasteiger charge is 2.11. The fourth-order valence-corrected chi connectivity index (χ4v) is 3.18. The van der Waals surface area contributed by atoms with E-state index in [1.165, 1.54) is 6.07 Å². The van der Waals surface area contributed by atoms with E-state index in [-0.39, 0.29) is 5.82 Å². The Bertz CT molecular complexity index is 1110. The number of hydrogen-bond donors (Lipinski definition) is 1. The first-order chi connectivity index (χ1) is 13.1. The van der Waals surface area contributed by atoms with Crippen molar-refractivity contribution in [3.63, 3.8) is 0 Å². The van der Waals surface area contributed by atoms with Gasteiger partial charge in [-0.05, 0) is 42.2 Å². The minimum Gasteiger partial charge on any atom is -0.346 e. The predicted molar refractivity (Wildman–Crippen MR) is 99.7 cm³/mol. The van der Waals surface area contributed by atoms with E-state index in [0.717, 1.165) is 22.7 Å². The number of fused-ring (bicyclic) bond motifs is 1. The summed E-state index contributed by atoms with van der Waals surface area (Å²) in [6, 6.07) is 6.76. The number of nitrogens with zero attached hydrogens (tertiary/aromatic N) is 3. The Kier molecular flexibility index (Phi) is 4.81. The maximum atomic E-state index is 14.5. The van der Waals surface area contributed by atoms with Crippen molar-refractivity contribution >= 4 is 22.6 Å². The quantitative estimate of drug-likeness (QED) is 0.509. The lowest BCUT2D eigenvalue weighted by atomic mass is 10.0. The highest BCUT2D eigenvalue weighted by Crippen LogP contribution is 2.23. The van der Waals surface area contributed by atoms with Gasteiger partial charge in [-0.15, -0.1) is 0 Å². The molecule has 0 aromatic carbocycles. The van der Waals surface area contributed by atoms with Crippen LogP contribution >= 0.6 is 11.6 Å². The molecule has 0 spiro atoms. The van der Waals surface area contributed by atoms with Crippen molar-refractivity contribution in [2.75, 3.05) is 0 Å². The molecule has 0 saturated carbocycles. The third kappa shape index (κ3) is 3.95. The molecule has 0 radical (unpaired) electrons. The van der Waals surface area contributed by atoms with Crippen LogP contribution in [-0.4, -0.2) is 19.9 Å². The molecule has 0 saturated heterocycles. The van der Waals surface area contributed by atoms with Gasteiger partial charge in [0.25, 0.3) is 0 Å². The summed E-state index contributed by atoms with van der Waals surface area (Å²) in [5, 5.41) is 1.40. The number of pyridine rings is 3. The second-order valence-electron chi connectivity index (χ2n) is 6.30. The van der Waals surface area contributed by atoms with Gasteiger partial charge in [0, 0.05) is 41.7 Å². The molecule has 0 fully saturated rings. The van der Waals surface area contributed by atoms with Crippen molar-refractivity contribution in [3.8, 4) is 0 Å². The first kappa shape index (κ1) is 17.5. The van der Waals surface area contributed by atoms with Gasteiger partial charge in [-0.1, -0.05) is 17.7 Å². The molecule has 4 aromatic rings. The van der Waals surface area contributed by atoms with E-state index in [2.05, 4.69) is 19.9 Å². The molecule has 136 valence electrons. The van der Waals surface area contributed by atoms with Crippen LogP contribution in [0.4, 0.5) is 8.78 Å². The first-order valence-corrected chi connectivity index (χ1v) is 8.81. The number of rotatable bonds is 5. The fourth-order valence-electron chi connectivity index (χ4n) is 3.02. The smallest absolute Gasteiger partial charge is 0.216 e. The van der Waals surface area contributed by atoms with Gasteiger partial charge in [0.05, 0.1) is 11.2 Å². The number of halogens is 3. The van der Waals surface area contributed by atoms with Crippen molar-refractivity contribution in [2.24, 2.45) is 0 Å². The minimum atomic E-state index is -0.505. The van der Waals surface area contributed by atoms with E-state index < -0.39 is 5.95 Å².